The number of amidine groups is 1. The van der Waals surface area contributed by atoms with Gasteiger partial charge in [-0.15, -0.1) is 0 Å². The van der Waals surface area contributed by atoms with Crippen LogP contribution in [0.2, 0.25) is 0 Å². The summed E-state index contributed by atoms with van der Waals surface area (Å²) in [5, 5.41) is 3.34. The Morgan fingerprint density at radius 1 is 1.40 bits per heavy atom. The Labute approximate surface area is 90.7 Å². The Morgan fingerprint density at radius 3 is 2.80 bits per heavy atom. The zero-order valence-corrected chi connectivity index (χ0v) is 9.46. The van der Waals surface area contributed by atoms with Crippen LogP contribution in [0.15, 0.2) is 29.3 Å². The molecule has 0 saturated heterocycles. The van der Waals surface area contributed by atoms with Crippen LogP contribution in [-0.2, 0) is 6.42 Å². The first-order chi connectivity index (χ1) is 7.30. The summed E-state index contributed by atoms with van der Waals surface area (Å²) in [7, 11) is 1.82. The minimum atomic E-state index is 0.973. The fraction of sp³-hybridized carbons (Fsp3) is 0.308. The van der Waals surface area contributed by atoms with E-state index in [1.165, 1.54) is 22.4 Å². The zero-order valence-electron chi connectivity index (χ0n) is 9.46. The molecule has 15 heavy (non-hydrogen) atoms. The summed E-state index contributed by atoms with van der Waals surface area (Å²) >= 11 is 0. The summed E-state index contributed by atoms with van der Waals surface area (Å²) in [5.41, 5.74) is 5.00. The monoisotopic (exact) mass is 200 g/mol. The van der Waals surface area contributed by atoms with Crippen molar-refractivity contribution in [3.05, 3.63) is 35.4 Å². The Kier molecular flexibility index (Phi) is 2.58. The van der Waals surface area contributed by atoms with Crippen molar-refractivity contribution in [3.8, 4) is 0 Å². The maximum Gasteiger partial charge on any atom is 0.132 e. The van der Waals surface area contributed by atoms with Gasteiger partial charge in [0.15, 0.2) is 0 Å². The van der Waals surface area contributed by atoms with Crippen LogP contribution >= 0.6 is 0 Å². The van der Waals surface area contributed by atoms with Crippen molar-refractivity contribution in [2.75, 3.05) is 12.4 Å². The molecule has 0 atom stereocenters. The molecule has 0 aromatic heterocycles. The van der Waals surface area contributed by atoms with E-state index in [1.54, 1.807) is 0 Å². The molecule has 1 aromatic rings. The topological polar surface area (TPSA) is 24.4 Å². The average molecular weight is 200 g/mol. The summed E-state index contributed by atoms with van der Waals surface area (Å²) in [4.78, 5) is 4.25. The summed E-state index contributed by atoms with van der Waals surface area (Å²) in [5.74, 6) is 0.973. The molecular weight excluding hydrogens is 184 g/mol. The van der Waals surface area contributed by atoms with E-state index < -0.39 is 0 Å². The van der Waals surface area contributed by atoms with Crippen LogP contribution < -0.4 is 5.32 Å². The molecule has 2 heteroatoms. The lowest BCUT2D eigenvalue weighted by Crippen LogP contribution is -2.04. The number of benzene rings is 1. The van der Waals surface area contributed by atoms with Gasteiger partial charge in [0.05, 0.1) is 0 Å². The van der Waals surface area contributed by atoms with Gasteiger partial charge in [-0.05, 0) is 25.0 Å². The Balaban J connectivity index is 2.53. The van der Waals surface area contributed by atoms with E-state index in [9.17, 15) is 0 Å². The van der Waals surface area contributed by atoms with E-state index in [4.69, 9.17) is 0 Å². The predicted octanol–water partition coefficient (Wildman–Crippen LogP) is 3.11. The van der Waals surface area contributed by atoms with Gasteiger partial charge in [-0.25, -0.2) is 0 Å². The second kappa shape index (κ2) is 3.89. The van der Waals surface area contributed by atoms with E-state index >= 15 is 0 Å². The number of rotatable bonds is 1. The Hall–Kier alpha value is -1.57. The number of anilines is 1. The van der Waals surface area contributed by atoms with Gasteiger partial charge < -0.3 is 5.32 Å². The molecule has 1 N–H and O–H groups in total. The normalized spacial score (nSPS) is 19.4. The highest BCUT2D eigenvalue weighted by Gasteiger charge is 2.20. The van der Waals surface area contributed by atoms with Crippen molar-refractivity contribution in [1.82, 2.24) is 0 Å². The molecule has 0 spiro atoms. The molecule has 0 fully saturated rings. The molecule has 0 radical (unpaired) electrons. The van der Waals surface area contributed by atoms with Gasteiger partial charge in [-0.3, -0.25) is 4.99 Å². The molecule has 1 heterocycles. The lowest BCUT2D eigenvalue weighted by molar-refractivity contribution is 1.14. The van der Waals surface area contributed by atoms with Gasteiger partial charge in [0.25, 0.3) is 0 Å². The second-order valence-electron chi connectivity index (χ2n) is 3.63. The van der Waals surface area contributed by atoms with Crippen LogP contribution in [0.25, 0.3) is 5.57 Å². The van der Waals surface area contributed by atoms with Gasteiger partial charge in [0.1, 0.15) is 5.84 Å². The zero-order chi connectivity index (χ0) is 10.8. The fourth-order valence-corrected chi connectivity index (χ4v) is 1.94. The van der Waals surface area contributed by atoms with E-state index in [2.05, 4.69) is 41.5 Å². The molecule has 0 saturated carbocycles. The molecule has 2 rings (SSSR count). The number of allylic oxidation sites excluding steroid dienone is 1. The van der Waals surface area contributed by atoms with E-state index in [-0.39, 0.29) is 0 Å². The smallest absolute Gasteiger partial charge is 0.132 e. The van der Waals surface area contributed by atoms with Crippen molar-refractivity contribution >= 4 is 17.1 Å². The van der Waals surface area contributed by atoms with Crippen LogP contribution in [0, 0.1) is 0 Å². The van der Waals surface area contributed by atoms with Gasteiger partial charge >= 0.3 is 0 Å². The average Bonchev–Trinajstić information content (AvgIpc) is 2.65. The van der Waals surface area contributed by atoms with Crippen LogP contribution in [0.1, 0.15) is 25.0 Å². The quantitative estimate of drug-likeness (QED) is 0.740. The summed E-state index contributed by atoms with van der Waals surface area (Å²) in [6.07, 6.45) is 3.17. The van der Waals surface area contributed by atoms with Crippen molar-refractivity contribution in [2.45, 2.75) is 20.3 Å². The number of aliphatic imine (C=N–C) groups is 1. The molecule has 78 valence electrons. The van der Waals surface area contributed by atoms with Crippen LogP contribution in [-0.4, -0.2) is 12.9 Å². The number of nitrogens with zero attached hydrogens (tertiary/aromatic N) is 1. The fourth-order valence-electron chi connectivity index (χ4n) is 1.94. The molecule has 0 bridgehead atoms. The number of hydrogen-bond acceptors (Lipinski definition) is 1. The first-order valence-corrected chi connectivity index (χ1v) is 5.34. The molecule has 1 aliphatic heterocycles. The SMILES string of the molecule is C/C=C1\C(=N/C)Nc2cc(CC)ccc21. The molecule has 2 nitrogen and oxygen atoms in total. The lowest BCUT2D eigenvalue weighted by Gasteiger charge is -2.01. The van der Waals surface area contributed by atoms with Crippen molar-refractivity contribution in [1.29, 1.82) is 0 Å². The largest absolute Gasteiger partial charge is 0.340 e. The minimum absolute atomic E-state index is 0.973. The third-order valence-electron chi connectivity index (χ3n) is 2.80. The van der Waals surface area contributed by atoms with E-state index in [0.717, 1.165) is 12.3 Å². The number of hydrogen-bond donors (Lipinski definition) is 1. The maximum absolute atomic E-state index is 4.25. The summed E-state index contributed by atoms with van der Waals surface area (Å²) < 4.78 is 0. The van der Waals surface area contributed by atoms with Gasteiger partial charge in [0.2, 0.25) is 0 Å². The molecule has 0 unspecified atom stereocenters. The molecule has 1 aromatic carbocycles. The van der Waals surface area contributed by atoms with E-state index in [0.29, 0.717) is 0 Å². The number of nitrogens with one attached hydrogen (secondary N) is 1. The minimum Gasteiger partial charge on any atom is -0.340 e. The number of aryl methyl sites for hydroxylation is 1. The van der Waals surface area contributed by atoms with E-state index in [1.807, 2.05) is 14.0 Å². The standard InChI is InChI=1S/C13H16N2/c1-4-9-6-7-11-10(5-2)13(14-3)15-12(11)8-9/h5-8H,4H2,1-3H3,(H,14,15)/b10-5-. The maximum atomic E-state index is 4.25. The van der Waals surface area contributed by atoms with Crippen LogP contribution in [0.4, 0.5) is 5.69 Å². The van der Waals surface area contributed by atoms with Gasteiger partial charge in [-0.2, -0.15) is 0 Å². The van der Waals surface area contributed by atoms with Crippen LogP contribution in [0.3, 0.4) is 0 Å². The summed E-state index contributed by atoms with van der Waals surface area (Å²) in [6.45, 7) is 4.22. The predicted molar refractivity (Wildman–Crippen MR) is 66.5 cm³/mol. The Morgan fingerprint density at radius 2 is 2.20 bits per heavy atom. The first kappa shape index (κ1) is 9.97. The van der Waals surface area contributed by atoms with Crippen molar-refractivity contribution in [2.24, 2.45) is 4.99 Å². The highest BCUT2D eigenvalue weighted by Crippen LogP contribution is 2.32. The van der Waals surface area contributed by atoms with Crippen LogP contribution in [0.5, 0.6) is 0 Å². The van der Waals surface area contributed by atoms with Crippen molar-refractivity contribution < 1.29 is 0 Å². The third-order valence-corrected chi connectivity index (χ3v) is 2.80. The lowest BCUT2D eigenvalue weighted by atomic mass is 10.0. The molecular formula is C13H16N2. The Bertz CT molecular complexity index is 442. The summed E-state index contributed by atoms with van der Waals surface area (Å²) in [6, 6.07) is 6.56. The van der Waals surface area contributed by atoms with Crippen molar-refractivity contribution in [3.63, 3.8) is 0 Å². The second-order valence-corrected chi connectivity index (χ2v) is 3.63. The van der Waals surface area contributed by atoms with Gasteiger partial charge in [-0.1, -0.05) is 25.1 Å². The number of fused-ring (bicyclic) bond motifs is 1. The molecule has 0 aliphatic carbocycles. The highest BCUT2D eigenvalue weighted by atomic mass is 15.0. The molecule has 0 amide bonds. The van der Waals surface area contributed by atoms with Gasteiger partial charge in [0, 0.05) is 23.9 Å². The molecule has 1 aliphatic rings. The third kappa shape index (κ3) is 1.56. The highest BCUT2D eigenvalue weighted by molar-refractivity contribution is 6.34. The first-order valence-electron chi connectivity index (χ1n) is 5.34.